The molecule has 0 atom stereocenters. The molecule has 2 aromatic carbocycles. The van der Waals surface area contributed by atoms with Crippen LogP contribution < -0.4 is 4.90 Å². The summed E-state index contributed by atoms with van der Waals surface area (Å²) in [6.07, 6.45) is 5.23. The molecule has 0 aliphatic carbocycles. The molecule has 1 fully saturated rings. The highest BCUT2D eigenvalue weighted by atomic mass is 16.2. The smallest absolute Gasteiger partial charge is 0.253 e. The van der Waals surface area contributed by atoms with E-state index in [1.807, 2.05) is 65.1 Å². The van der Waals surface area contributed by atoms with Crippen molar-refractivity contribution in [3.05, 3.63) is 78.6 Å². The van der Waals surface area contributed by atoms with Crippen molar-refractivity contribution in [2.45, 2.75) is 6.92 Å². The summed E-state index contributed by atoms with van der Waals surface area (Å²) in [4.78, 5) is 30.2. The number of aromatic nitrogens is 4. The Morgan fingerprint density at radius 3 is 2.40 bits per heavy atom. The Balaban J connectivity index is 1.29. The molecule has 0 N–H and O–H groups in total. The SMILES string of the molecule is Cc1nccn1-c1cc(N2CCN(C(=O)c3ccc4ccccc4c3)CC2)ncn1. The molecule has 0 spiro atoms. The minimum Gasteiger partial charge on any atom is -0.353 e. The number of hydrogen-bond donors (Lipinski definition) is 0. The van der Waals surface area contributed by atoms with Crippen LogP contribution in [0.4, 0.5) is 5.82 Å². The van der Waals surface area contributed by atoms with E-state index in [1.54, 1.807) is 12.5 Å². The van der Waals surface area contributed by atoms with Crippen LogP contribution in [0.3, 0.4) is 0 Å². The van der Waals surface area contributed by atoms with Crippen LogP contribution in [-0.4, -0.2) is 56.5 Å². The fourth-order valence-corrected chi connectivity index (χ4v) is 3.91. The van der Waals surface area contributed by atoms with E-state index in [-0.39, 0.29) is 5.91 Å². The normalized spacial score (nSPS) is 14.3. The summed E-state index contributed by atoms with van der Waals surface area (Å²) in [6.45, 7) is 4.74. The first-order chi connectivity index (χ1) is 14.7. The van der Waals surface area contributed by atoms with Crippen LogP contribution in [0, 0.1) is 6.92 Å². The van der Waals surface area contributed by atoms with Gasteiger partial charge in [0, 0.05) is 50.2 Å². The number of piperazine rings is 1. The molecule has 1 aliphatic heterocycles. The van der Waals surface area contributed by atoms with Crippen LogP contribution in [0.1, 0.15) is 16.2 Å². The Bertz CT molecular complexity index is 1210. The second kappa shape index (κ2) is 7.59. The third-order valence-electron chi connectivity index (χ3n) is 5.60. The lowest BCUT2D eigenvalue weighted by Gasteiger charge is -2.35. The van der Waals surface area contributed by atoms with Crippen molar-refractivity contribution in [1.29, 1.82) is 0 Å². The van der Waals surface area contributed by atoms with Gasteiger partial charge in [0.1, 0.15) is 23.8 Å². The quantitative estimate of drug-likeness (QED) is 0.531. The summed E-state index contributed by atoms with van der Waals surface area (Å²) in [5.41, 5.74) is 0.738. The molecule has 2 aromatic heterocycles. The molecule has 0 unspecified atom stereocenters. The molecular formula is C23H22N6O. The zero-order chi connectivity index (χ0) is 20.5. The zero-order valence-electron chi connectivity index (χ0n) is 16.8. The van der Waals surface area contributed by atoms with Crippen molar-refractivity contribution in [1.82, 2.24) is 24.4 Å². The molecule has 0 saturated carbocycles. The van der Waals surface area contributed by atoms with Gasteiger partial charge < -0.3 is 9.80 Å². The average Bonchev–Trinajstić information content (AvgIpc) is 3.24. The number of hydrogen-bond acceptors (Lipinski definition) is 5. The standard InChI is InChI=1S/C23H22N6O/c1-17-24-8-9-29(17)22-15-21(25-16-26-22)27-10-12-28(13-11-27)23(30)20-7-6-18-4-2-3-5-19(18)14-20/h2-9,14-16H,10-13H2,1H3. The first-order valence-corrected chi connectivity index (χ1v) is 10.0. The molecule has 30 heavy (non-hydrogen) atoms. The predicted molar refractivity (Wildman–Crippen MR) is 116 cm³/mol. The first kappa shape index (κ1) is 18.3. The average molecular weight is 398 g/mol. The number of carbonyl (C=O) groups excluding carboxylic acids is 1. The summed E-state index contributed by atoms with van der Waals surface area (Å²) in [5.74, 6) is 2.62. The largest absolute Gasteiger partial charge is 0.353 e. The Labute approximate surface area is 174 Å². The fraction of sp³-hybridized carbons (Fsp3) is 0.217. The maximum atomic E-state index is 13.0. The van der Waals surface area contributed by atoms with Crippen molar-refractivity contribution in [3.63, 3.8) is 0 Å². The molecule has 5 rings (SSSR count). The topological polar surface area (TPSA) is 67.2 Å². The lowest BCUT2D eigenvalue weighted by atomic mass is 10.1. The van der Waals surface area contributed by atoms with Gasteiger partial charge in [0.25, 0.3) is 5.91 Å². The summed E-state index contributed by atoms with van der Waals surface area (Å²) >= 11 is 0. The van der Waals surface area contributed by atoms with Gasteiger partial charge in [0.15, 0.2) is 0 Å². The van der Waals surface area contributed by atoms with E-state index in [9.17, 15) is 4.79 Å². The molecule has 0 radical (unpaired) electrons. The number of nitrogens with zero attached hydrogens (tertiary/aromatic N) is 6. The number of carbonyl (C=O) groups is 1. The monoisotopic (exact) mass is 398 g/mol. The number of imidazole rings is 1. The van der Waals surface area contributed by atoms with Crippen LogP contribution in [0.15, 0.2) is 67.3 Å². The van der Waals surface area contributed by atoms with E-state index in [0.717, 1.165) is 46.9 Å². The van der Waals surface area contributed by atoms with E-state index in [4.69, 9.17) is 0 Å². The van der Waals surface area contributed by atoms with E-state index in [0.29, 0.717) is 13.1 Å². The van der Waals surface area contributed by atoms with Gasteiger partial charge in [-0.1, -0.05) is 30.3 Å². The Morgan fingerprint density at radius 2 is 1.63 bits per heavy atom. The summed E-state index contributed by atoms with van der Waals surface area (Å²) in [6, 6.07) is 16.0. The fourth-order valence-electron chi connectivity index (χ4n) is 3.91. The maximum Gasteiger partial charge on any atom is 0.253 e. The maximum absolute atomic E-state index is 13.0. The van der Waals surface area contributed by atoms with Crippen molar-refractivity contribution < 1.29 is 4.79 Å². The van der Waals surface area contributed by atoms with Gasteiger partial charge in [0.05, 0.1) is 0 Å². The molecule has 0 bridgehead atoms. The zero-order valence-corrected chi connectivity index (χ0v) is 16.8. The summed E-state index contributed by atoms with van der Waals surface area (Å²) < 4.78 is 1.94. The minimum absolute atomic E-state index is 0.0813. The summed E-state index contributed by atoms with van der Waals surface area (Å²) in [7, 11) is 0. The molecule has 1 saturated heterocycles. The lowest BCUT2D eigenvalue weighted by molar-refractivity contribution is 0.0746. The van der Waals surface area contributed by atoms with Gasteiger partial charge in [-0.05, 0) is 29.8 Å². The highest BCUT2D eigenvalue weighted by Crippen LogP contribution is 2.20. The third-order valence-corrected chi connectivity index (χ3v) is 5.60. The van der Waals surface area contributed by atoms with E-state index in [2.05, 4.69) is 25.9 Å². The van der Waals surface area contributed by atoms with Gasteiger partial charge in [-0.3, -0.25) is 9.36 Å². The molecule has 4 aromatic rings. The van der Waals surface area contributed by atoms with Crippen molar-refractivity contribution in [2.75, 3.05) is 31.1 Å². The van der Waals surface area contributed by atoms with Crippen LogP contribution >= 0.6 is 0 Å². The first-order valence-electron chi connectivity index (χ1n) is 10.0. The Kier molecular flexibility index (Phi) is 4.63. The van der Waals surface area contributed by atoms with Crippen LogP contribution in [0.25, 0.3) is 16.6 Å². The lowest BCUT2D eigenvalue weighted by Crippen LogP contribution is -2.49. The number of anilines is 1. The second-order valence-electron chi connectivity index (χ2n) is 7.42. The van der Waals surface area contributed by atoms with Crippen molar-refractivity contribution >= 4 is 22.5 Å². The molecule has 1 amide bonds. The number of aryl methyl sites for hydroxylation is 1. The van der Waals surface area contributed by atoms with Gasteiger partial charge in [-0.15, -0.1) is 0 Å². The molecule has 7 nitrogen and oxygen atoms in total. The Hall–Kier alpha value is -3.74. The van der Waals surface area contributed by atoms with Gasteiger partial charge >= 0.3 is 0 Å². The highest BCUT2D eigenvalue weighted by Gasteiger charge is 2.23. The molecule has 150 valence electrons. The van der Waals surface area contributed by atoms with E-state index in [1.165, 1.54) is 0 Å². The van der Waals surface area contributed by atoms with Crippen molar-refractivity contribution in [3.8, 4) is 5.82 Å². The molecule has 3 heterocycles. The number of amides is 1. The summed E-state index contributed by atoms with van der Waals surface area (Å²) in [5, 5.41) is 2.23. The molecule has 1 aliphatic rings. The minimum atomic E-state index is 0.0813. The number of benzene rings is 2. The van der Waals surface area contributed by atoms with Crippen LogP contribution in [0.5, 0.6) is 0 Å². The van der Waals surface area contributed by atoms with Crippen molar-refractivity contribution in [2.24, 2.45) is 0 Å². The predicted octanol–water partition coefficient (Wildman–Crippen LogP) is 3.09. The Morgan fingerprint density at radius 1 is 0.867 bits per heavy atom. The van der Waals surface area contributed by atoms with E-state index < -0.39 is 0 Å². The van der Waals surface area contributed by atoms with Gasteiger partial charge in [-0.2, -0.15) is 0 Å². The van der Waals surface area contributed by atoms with Gasteiger partial charge in [0.2, 0.25) is 0 Å². The number of fused-ring (bicyclic) bond motifs is 1. The van der Waals surface area contributed by atoms with Gasteiger partial charge in [-0.25, -0.2) is 15.0 Å². The van der Waals surface area contributed by atoms with E-state index >= 15 is 0 Å². The van der Waals surface area contributed by atoms with Crippen LogP contribution in [0.2, 0.25) is 0 Å². The van der Waals surface area contributed by atoms with Crippen LogP contribution in [-0.2, 0) is 0 Å². The third kappa shape index (κ3) is 3.39. The highest BCUT2D eigenvalue weighted by molar-refractivity contribution is 5.98. The molecular weight excluding hydrogens is 376 g/mol. The number of rotatable bonds is 3. The molecule has 7 heteroatoms. The second-order valence-corrected chi connectivity index (χ2v) is 7.42.